The second kappa shape index (κ2) is 10.6. The van der Waals surface area contributed by atoms with E-state index in [0.717, 1.165) is 0 Å². The van der Waals surface area contributed by atoms with Crippen molar-refractivity contribution in [1.82, 2.24) is 10.2 Å². The number of halogens is 5. The van der Waals surface area contributed by atoms with Crippen LogP contribution in [-0.2, 0) is 16.1 Å². The molecule has 2 aromatic rings. The van der Waals surface area contributed by atoms with Crippen molar-refractivity contribution in [3.63, 3.8) is 0 Å². The van der Waals surface area contributed by atoms with Gasteiger partial charge in [0.25, 0.3) is 5.91 Å². The van der Waals surface area contributed by atoms with Crippen LogP contribution < -0.4 is 10.1 Å². The Labute approximate surface area is 208 Å². The van der Waals surface area contributed by atoms with E-state index in [1.165, 1.54) is 4.90 Å². The van der Waals surface area contributed by atoms with Gasteiger partial charge in [-0.25, -0.2) is 0 Å². The van der Waals surface area contributed by atoms with E-state index >= 15 is 0 Å². The molecule has 0 aliphatic carbocycles. The number of hydrogen-bond donors (Lipinski definition) is 1. The molecule has 0 bridgehead atoms. The highest BCUT2D eigenvalue weighted by Gasteiger charge is 2.30. The number of furan rings is 1. The molecule has 0 radical (unpaired) electrons. The van der Waals surface area contributed by atoms with E-state index in [9.17, 15) is 4.79 Å². The molecule has 1 saturated heterocycles. The Kier molecular flexibility index (Phi) is 8.37. The zero-order chi connectivity index (χ0) is 22.7. The molecule has 1 N–H and O–H groups in total. The van der Waals surface area contributed by atoms with Gasteiger partial charge in [-0.15, -0.1) is 0 Å². The summed E-state index contributed by atoms with van der Waals surface area (Å²) >= 11 is 35.6. The smallest absolute Gasteiger partial charge is 0.276 e. The lowest BCUT2D eigenvalue weighted by Gasteiger charge is -2.13. The molecule has 1 aromatic heterocycles. The molecule has 0 atom stereocenters. The van der Waals surface area contributed by atoms with E-state index in [1.807, 2.05) is 0 Å². The van der Waals surface area contributed by atoms with Crippen molar-refractivity contribution in [2.24, 2.45) is 0 Å². The van der Waals surface area contributed by atoms with Gasteiger partial charge in [-0.2, -0.15) is 0 Å². The van der Waals surface area contributed by atoms with Gasteiger partial charge in [0.2, 0.25) is 0 Å². The number of hydrogen-bond acceptors (Lipinski definition) is 5. The summed E-state index contributed by atoms with van der Waals surface area (Å²) in [5, 5.41) is 3.42. The Hall–Kier alpha value is -1.19. The predicted octanol–water partition coefficient (Wildman–Crippen LogP) is 6.22. The largest absolute Gasteiger partial charge is 0.482 e. The first-order chi connectivity index (χ1) is 14.7. The Morgan fingerprint density at radius 2 is 1.74 bits per heavy atom. The maximum Gasteiger partial charge on any atom is 0.276 e. The van der Waals surface area contributed by atoms with Crippen LogP contribution in [0, 0.1) is 0 Å². The van der Waals surface area contributed by atoms with Gasteiger partial charge in [0.15, 0.2) is 10.9 Å². The van der Waals surface area contributed by atoms with Gasteiger partial charge < -0.3 is 19.2 Å². The number of ether oxygens (including phenoxy) is 2. The Bertz CT molecular complexity index is 1030. The molecule has 1 aromatic carbocycles. The summed E-state index contributed by atoms with van der Waals surface area (Å²) < 4.78 is 16.3. The monoisotopic (exact) mass is 542 g/mol. The van der Waals surface area contributed by atoms with Gasteiger partial charge >= 0.3 is 0 Å². The minimum Gasteiger partial charge on any atom is -0.482 e. The third-order valence-electron chi connectivity index (χ3n) is 4.19. The van der Waals surface area contributed by atoms with Crippen molar-refractivity contribution in [1.29, 1.82) is 0 Å². The van der Waals surface area contributed by atoms with Crippen molar-refractivity contribution < 1.29 is 18.7 Å². The zero-order valence-electron chi connectivity index (χ0n) is 15.9. The fraction of sp³-hybridized carbons (Fsp3) is 0.263. The van der Waals surface area contributed by atoms with Gasteiger partial charge in [0.1, 0.15) is 33.9 Å². The first-order valence-electron chi connectivity index (χ1n) is 8.81. The Morgan fingerprint density at radius 1 is 1.10 bits per heavy atom. The number of rotatable bonds is 8. The van der Waals surface area contributed by atoms with Crippen LogP contribution in [0.1, 0.15) is 17.9 Å². The van der Waals surface area contributed by atoms with Crippen molar-refractivity contribution in [2.75, 3.05) is 20.3 Å². The van der Waals surface area contributed by atoms with Crippen LogP contribution in [0.4, 0.5) is 0 Å². The zero-order valence-corrected chi connectivity index (χ0v) is 20.5. The average Bonchev–Trinajstić information content (AvgIpc) is 3.30. The van der Waals surface area contributed by atoms with E-state index in [2.05, 4.69) is 5.32 Å². The van der Waals surface area contributed by atoms with Crippen LogP contribution in [-0.4, -0.2) is 36.2 Å². The number of carbonyl (C=O) groups is 1. The first-order valence-corrected chi connectivity index (χ1v) is 11.1. The number of nitrogens with one attached hydrogen (secondary N) is 1. The fourth-order valence-corrected chi connectivity index (χ4v) is 4.20. The third kappa shape index (κ3) is 5.42. The van der Waals surface area contributed by atoms with Crippen LogP contribution in [0.5, 0.6) is 5.75 Å². The van der Waals surface area contributed by atoms with Crippen molar-refractivity contribution in [2.45, 2.75) is 13.0 Å². The van der Waals surface area contributed by atoms with Crippen LogP contribution in [0.15, 0.2) is 22.2 Å². The summed E-state index contributed by atoms with van der Waals surface area (Å²) in [5.41, 5.74) is 0.312. The number of thiocarbonyl (C=S) groups is 1. The standard InChI is InChI=1S/C19H15Cl5N2O4S/c1-28-6-2-5-26-18(27)11(25-19(26)31)7-9-3-4-10(30-9)8-29-17-15(23)13(21)12(20)14(22)16(17)24/h3-4,7H,2,5-6,8H2,1H3,(H,25,31)/b11-7+. The number of nitrogens with zero attached hydrogens (tertiary/aromatic N) is 1. The maximum atomic E-state index is 12.5. The molecular formula is C19H15Cl5N2O4S. The molecule has 1 amide bonds. The number of carbonyl (C=O) groups excluding carboxylic acids is 1. The number of methoxy groups -OCH3 is 1. The van der Waals surface area contributed by atoms with Gasteiger partial charge in [-0.3, -0.25) is 9.69 Å². The lowest BCUT2D eigenvalue weighted by Crippen LogP contribution is -2.32. The Balaban J connectivity index is 1.69. The molecule has 166 valence electrons. The first kappa shape index (κ1) is 24.5. The van der Waals surface area contributed by atoms with Gasteiger partial charge in [0, 0.05) is 26.3 Å². The van der Waals surface area contributed by atoms with Crippen LogP contribution in [0.2, 0.25) is 25.1 Å². The summed E-state index contributed by atoms with van der Waals surface area (Å²) in [7, 11) is 1.60. The summed E-state index contributed by atoms with van der Waals surface area (Å²) in [6.07, 6.45) is 2.23. The second-order valence-electron chi connectivity index (χ2n) is 6.28. The highest BCUT2D eigenvalue weighted by molar-refractivity contribution is 7.80. The topological polar surface area (TPSA) is 63.9 Å². The lowest BCUT2D eigenvalue weighted by atomic mass is 10.3. The minimum atomic E-state index is -0.237. The molecule has 6 nitrogen and oxygen atoms in total. The van der Waals surface area contributed by atoms with Crippen molar-refractivity contribution in [3.8, 4) is 5.75 Å². The summed E-state index contributed by atoms with van der Waals surface area (Å²) in [5.74, 6) is 0.731. The second-order valence-corrected chi connectivity index (χ2v) is 8.56. The summed E-state index contributed by atoms with van der Waals surface area (Å²) in [6.45, 7) is 0.978. The van der Waals surface area contributed by atoms with Crippen molar-refractivity contribution in [3.05, 3.63) is 54.5 Å². The lowest BCUT2D eigenvalue weighted by molar-refractivity contribution is -0.122. The molecule has 0 unspecified atom stereocenters. The van der Waals surface area contributed by atoms with E-state index in [0.29, 0.717) is 41.9 Å². The van der Waals surface area contributed by atoms with Gasteiger partial charge in [0.05, 0.1) is 15.1 Å². The van der Waals surface area contributed by atoms with E-state index < -0.39 is 0 Å². The van der Waals surface area contributed by atoms with E-state index in [4.69, 9.17) is 84.1 Å². The maximum absolute atomic E-state index is 12.5. The highest BCUT2D eigenvalue weighted by atomic mass is 35.5. The normalized spacial score (nSPS) is 15.2. The summed E-state index contributed by atoms with van der Waals surface area (Å²) in [6, 6.07) is 3.36. The molecule has 0 spiro atoms. The van der Waals surface area contributed by atoms with Crippen LogP contribution in [0.3, 0.4) is 0 Å². The fourth-order valence-electron chi connectivity index (χ4n) is 2.69. The molecule has 3 rings (SSSR count). The minimum absolute atomic E-state index is 0.0141. The number of benzene rings is 1. The van der Waals surface area contributed by atoms with Gasteiger partial charge in [-0.05, 0) is 30.8 Å². The molecule has 0 saturated carbocycles. The summed E-state index contributed by atoms with van der Waals surface area (Å²) in [4.78, 5) is 14.0. The molecule has 31 heavy (non-hydrogen) atoms. The number of amides is 1. The quantitative estimate of drug-likeness (QED) is 0.140. The molecule has 12 heteroatoms. The van der Waals surface area contributed by atoms with Gasteiger partial charge in [-0.1, -0.05) is 58.0 Å². The molecule has 1 aliphatic rings. The highest BCUT2D eigenvalue weighted by Crippen LogP contribution is 2.48. The molecule has 1 fully saturated rings. The molecular weight excluding hydrogens is 530 g/mol. The SMILES string of the molecule is COCCCN1C(=O)/C(=C\c2ccc(COc3c(Cl)c(Cl)c(Cl)c(Cl)c3Cl)o2)NC1=S. The van der Waals surface area contributed by atoms with Crippen LogP contribution >= 0.6 is 70.2 Å². The van der Waals surface area contributed by atoms with Crippen molar-refractivity contribution >= 4 is 87.3 Å². The average molecular weight is 545 g/mol. The van der Waals surface area contributed by atoms with E-state index in [1.54, 1.807) is 25.3 Å². The predicted molar refractivity (Wildman–Crippen MR) is 126 cm³/mol. The third-order valence-corrected chi connectivity index (χ3v) is 6.75. The Morgan fingerprint density at radius 3 is 2.39 bits per heavy atom. The molecule has 2 heterocycles. The van der Waals surface area contributed by atoms with E-state index in [-0.39, 0.29) is 43.4 Å². The molecule has 1 aliphatic heterocycles. The van der Waals surface area contributed by atoms with Crippen LogP contribution in [0.25, 0.3) is 6.08 Å².